The van der Waals surface area contributed by atoms with Crippen molar-refractivity contribution in [2.45, 2.75) is 44.1 Å². The molecule has 3 fully saturated rings. The number of alkyl halides is 3. The van der Waals surface area contributed by atoms with E-state index < -0.39 is 46.9 Å². The van der Waals surface area contributed by atoms with Crippen molar-refractivity contribution in [3.8, 4) is 0 Å². The fourth-order valence-corrected chi connectivity index (χ4v) is 4.94. The number of hydrogen-bond acceptors (Lipinski definition) is 5. The van der Waals surface area contributed by atoms with Crippen LogP contribution in [0.25, 0.3) is 11.1 Å². The molecule has 0 N–H and O–H groups in total. The Hall–Kier alpha value is -2.42. The number of imide groups is 1. The highest BCUT2D eigenvalue weighted by atomic mass is 19.4. The normalized spacial score (nSPS) is 35.5. The Bertz CT molecular complexity index is 982. The van der Waals surface area contributed by atoms with Crippen molar-refractivity contribution in [2.24, 2.45) is 11.8 Å². The zero-order chi connectivity index (χ0) is 19.4. The average Bonchev–Trinajstić information content (AvgIpc) is 3.25. The molecule has 2 aromatic rings. The summed E-state index contributed by atoms with van der Waals surface area (Å²) >= 11 is 0. The lowest BCUT2D eigenvalue weighted by Crippen LogP contribution is -2.40. The van der Waals surface area contributed by atoms with Gasteiger partial charge in [0.1, 0.15) is 5.52 Å². The van der Waals surface area contributed by atoms with Gasteiger partial charge in [0.15, 0.2) is 5.58 Å². The molecular formula is C18H15F3N2O4. The van der Waals surface area contributed by atoms with Gasteiger partial charge in [-0.15, -0.1) is 0 Å². The first-order valence-corrected chi connectivity index (χ1v) is 8.60. The van der Waals surface area contributed by atoms with E-state index in [1.165, 1.54) is 18.2 Å². The van der Waals surface area contributed by atoms with Crippen molar-refractivity contribution in [3.63, 3.8) is 0 Å². The number of halogens is 3. The first-order chi connectivity index (χ1) is 12.6. The van der Waals surface area contributed by atoms with Crippen molar-refractivity contribution >= 4 is 28.6 Å². The molecule has 2 bridgehead atoms. The molecule has 142 valence electrons. The lowest BCUT2D eigenvalue weighted by Gasteiger charge is -2.27. The number of hydrogen-bond donors (Lipinski definition) is 0. The van der Waals surface area contributed by atoms with Crippen LogP contribution in [0.4, 0.5) is 18.9 Å². The number of carbonyl (C=O) groups excluding carboxylic acids is 2. The zero-order valence-electron chi connectivity index (χ0n) is 14.5. The highest BCUT2D eigenvalue weighted by Crippen LogP contribution is 2.61. The summed E-state index contributed by atoms with van der Waals surface area (Å²) < 4.78 is 49.7. The van der Waals surface area contributed by atoms with Crippen LogP contribution >= 0.6 is 0 Å². The number of benzene rings is 1. The van der Waals surface area contributed by atoms with E-state index in [0.717, 1.165) is 4.90 Å². The van der Waals surface area contributed by atoms with E-state index in [0.29, 0.717) is 12.8 Å². The second-order valence-electron chi connectivity index (χ2n) is 7.84. The largest absolute Gasteiger partial charge is 0.468 e. The molecule has 4 atom stereocenters. The average molecular weight is 380 g/mol. The minimum atomic E-state index is -4.76. The van der Waals surface area contributed by atoms with Gasteiger partial charge in [-0.05, 0) is 38.8 Å². The summed E-state index contributed by atoms with van der Waals surface area (Å²) in [6.07, 6.45) is -3.45. The maximum absolute atomic E-state index is 13.1. The molecule has 3 aliphatic heterocycles. The molecule has 9 heteroatoms. The van der Waals surface area contributed by atoms with Crippen LogP contribution in [0.15, 0.2) is 22.6 Å². The second-order valence-corrected chi connectivity index (χ2v) is 7.84. The summed E-state index contributed by atoms with van der Waals surface area (Å²) in [6.45, 7) is 3.63. The molecule has 6 nitrogen and oxygen atoms in total. The van der Waals surface area contributed by atoms with Crippen LogP contribution in [0.2, 0.25) is 0 Å². The van der Waals surface area contributed by atoms with E-state index in [2.05, 4.69) is 4.98 Å². The highest BCUT2D eigenvalue weighted by Gasteiger charge is 2.72. The van der Waals surface area contributed by atoms with Crippen LogP contribution in [-0.4, -0.2) is 28.0 Å². The molecular weight excluding hydrogens is 365 g/mol. The number of fused-ring (bicyclic) bond motifs is 6. The van der Waals surface area contributed by atoms with Crippen molar-refractivity contribution in [1.29, 1.82) is 0 Å². The molecule has 3 saturated heterocycles. The van der Waals surface area contributed by atoms with E-state index in [9.17, 15) is 22.8 Å². The summed E-state index contributed by atoms with van der Waals surface area (Å²) in [5, 5.41) is 0. The maximum atomic E-state index is 13.1. The number of aromatic nitrogens is 1. The van der Waals surface area contributed by atoms with Crippen LogP contribution in [0.3, 0.4) is 0 Å². The van der Waals surface area contributed by atoms with Gasteiger partial charge >= 0.3 is 12.1 Å². The van der Waals surface area contributed by atoms with Gasteiger partial charge < -0.3 is 9.15 Å². The minimum Gasteiger partial charge on any atom is -0.433 e. The Kier molecular flexibility index (Phi) is 2.91. The van der Waals surface area contributed by atoms with Crippen LogP contribution in [0, 0.1) is 11.8 Å². The first kappa shape index (κ1) is 16.7. The van der Waals surface area contributed by atoms with Crippen molar-refractivity contribution in [1.82, 2.24) is 4.98 Å². The van der Waals surface area contributed by atoms with Crippen LogP contribution in [-0.2, 0) is 20.5 Å². The number of rotatable bonds is 1. The minimum absolute atomic E-state index is 0.0164. The van der Waals surface area contributed by atoms with Crippen molar-refractivity contribution in [3.05, 3.63) is 24.1 Å². The zero-order valence-corrected chi connectivity index (χ0v) is 14.5. The molecule has 0 radical (unpaired) electrons. The number of para-hydroxylation sites is 1. The molecule has 4 unspecified atom stereocenters. The summed E-state index contributed by atoms with van der Waals surface area (Å²) in [5.41, 5.74) is -1.75. The first-order valence-electron chi connectivity index (χ1n) is 8.60. The predicted octanol–water partition coefficient (Wildman–Crippen LogP) is 3.29. The van der Waals surface area contributed by atoms with E-state index in [-0.39, 0.29) is 16.8 Å². The lowest BCUT2D eigenvalue weighted by molar-refractivity contribution is -0.156. The van der Waals surface area contributed by atoms with Crippen molar-refractivity contribution in [2.75, 3.05) is 4.90 Å². The van der Waals surface area contributed by atoms with E-state index in [4.69, 9.17) is 9.15 Å². The highest BCUT2D eigenvalue weighted by molar-refractivity contribution is 6.25. The number of oxazole rings is 1. The summed E-state index contributed by atoms with van der Waals surface area (Å²) in [6, 6.07) is 4.17. The Morgan fingerprint density at radius 3 is 2.26 bits per heavy atom. The molecule has 5 rings (SSSR count). The molecule has 3 aliphatic rings. The number of ether oxygens (including phenoxy) is 1. The summed E-state index contributed by atoms with van der Waals surface area (Å²) in [5.74, 6) is -3.62. The number of amides is 2. The van der Waals surface area contributed by atoms with Gasteiger partial charge in [0.2, 0.25) is 11.8 Å². The molecule has 1 aromatic carbocycles. The third-order valence-electron chi connectivity index (χ3n) is 6.09. The lowest BCUT2D eigenvalue weighted by atomic mass is 9.69. The molecule has 2 amide bonds. The van der Waals surface area contributed by atoms with Crippen LogP contribution in [0.5, 0.6) is 0 Å². The topological polar surface area (TPSA) is 72.6 Å². The number of nitrogens with zero attached hydrogens (tertiary/aromatic N) is 2. The second kappa shape index (κ2) is 4.70. The molecule has 27 heavy (non-hydrogen) atoms. The Labute approximate surface area is 151 Å². The standard InChI is InChI=1S/C18H15F3N2O4/c1-16-6-7-17(2,27-16)11-10(16)13(24)23(14(11)25)8-4-3-5-9-12(8)22-15(26-9)18(19,20)21/h3-5,10-11H,6-7H2,1-2H3. The number of anilines is 1. The van der Waals surface area contributed by atoms with Gasteiger partial charge in [-0.1, -0.05) is 6.07 Å². The third-order valence-corrected chi connectivity index (χ3v) is 6.09. The van der Waals surface area contributed by atoms with E-state index in [1.54, 1.807) is 0 Å². The smallest absolute Gasteiger partial charge is 0.433 e. The van der Waals surface area contributed by atoms with Gasteiger partial charge in [-0.3, -0.25) is 9.59 Å². The van der Waals surface area contributed by atoms with Gasteiger partial charge in [0.25, 0.3) is 0 Å². The molecule has 4 heterocycles. The molecule has 0 aliphatic carbocycles. The fourth-order valence-electron chi connectivity index (χ4n) is 4.94. The van der Waals surface area contributed by atoms with E-state index >= 15 is 0 Å². The third kappa shape index (κ3) is 1.97. The van der Waals surface area contributed by atoms with Gasteiger partial charge in [-0.25, -0.2) is 9.88 Å². The molecule has 1 aromatic heterocycles. The van der Waals surface area contributed by atoms with Gasteiger partial charge in [-0.2, -0.15) is 13.2 Å². The Morgan fingerprint density at radius 2 is 1.70 bits per heavy atom. The fraction of sp³-hybridized carbons (Fsp3) is 0.500. The monoisotopic (exact) mass is 380 g/mol. The van der Waals surface area contributed by atoms with Crippen molar-refractivity contribution < 1.29 is 31.9 Å². The quantitative estimate of drug-likeness (QED) is 0.710. The van der Waals surface area contributed by atoms with Crippen LogP contribution < -0.4 is 4.90 Å². The molecule has 0 saturated carbocycles. The number of carbonyl (C=O) groups is 2. The van der Waals surface area contributed by atoms with E-state index in [1.807, 2.05) is 13.8 Å². The maximum Gasteiger partial charge on any atom is 0.468 e. The summed E-state index contributed by atoms with van der Waals surface area (Å²) in [4.78, 5) is 30.7. The predicted molar refractivity (Wildman–Crippen MR) is 85.6 cm³/mol. The van der Waals surface area contributed by atoms with Gasteiger partial charge in [0, 0.05) is 0 Å². The summed E-state index contributed by atoms with van der Waals surface area (Å²) in [7, 11) is 0. The van der Waals surface area contributed by atoms with Gasteiger partial charge in [0.05, 0.1) is 28.7 Å². The molecule has 0 spiro atoms. The van der Waals surface area contributed by atoms with Crippen LogP contribution in [0.1, 0.15) is 32.6 Å². The Morgan fingerprint density at radius 1 is 1.11 bits per heavy atom. The SMILES string of the molecule is CC12CCC(C)(O1)C1C(=O)N(c3cccc4oc(C(F)(F)F)nc34)C(=O)C12. The Balaban J connectivity index is 1.65.